The maximum Gasteiger partial charge on any atom is 0.178 e. The molecular formula is C23H20N4O2S. The summed E-state index contributed by atoms with van der Waals surface area (Å²) in [5.74, 6) is 1.49. The van der Waals surface area contributed by atoms with E-state index in [2.05, 4.69) is 31.8 Å². The first-order valence-corrected chi connectivity index (χ1v) is 10.0. The summed E-state index contributed by atoms with van der Waals surface area (Å²) in [6.07, 6.45) is 1.83. The van der Waals surface area contributed by atoms with E-state index in [9.17, 15) is 0 Å². The molecule has 6 nitrogen and oxygen atoms in total. The highest BCUT2D eigenvalue weighted by Crippen LogP contribution is 2.38. The van der Waals surface area contributed by atoms with Crippen molar-refractivity contribution in [2.75, 3.05) is 7.11 Å². The van der Waals surface area contributed by atoms with Crippen LogP contribution < -0.4 is 4.74 Å². The van der Waals surface area contributed by atoms with Gasteiger partial charge in [0.15, 0.2) is 4.77 Å². The maximum absolute atomic E-state index is 5.76. The van der Waals surface area contributed by atoms with E-state index >= 15 is 0 Å². The number of H-pyrrole nitrogens is 1. The molecule has 150 valence electrons. The van der Waals surface area contributed by atoms with E-state index in [0.717, 1.165) is 50.3 Å². The molecule has 0 radical (unpaired) electrons. The third-order valence-corrected chi connectivity index (χ3v) is 5.73. The van der Waals surface area contributed by atoms with Crippen LogP contribution in [0.25, 0.3) is 33.1 Å². The van der Waals surface area contributed by atoms with E-state index in [0.29, 0.717) is 11.3 Å². The molecule has 0 aliphatic rings. The zero-order valence-corrected chi connectivity index (χ0v) is 17.7. The first-order valence-electron chi connectivity index (χ1n) is 9.63. The minimum Gasteiger partial charge on any atom is -0.496 e. The molecule has 0 bridgehead atoms. The number of pyridine rings is 1. The Morgan fingerprint density at radius 3 is 2.67 bits per heavy atom. The van der Waals surface area contributed by atoms with Crippen molar-refractivity contribution in [3.05, 3.63) is 70.5 Å². The van der Waals surface area contributed by atoms with Gasteiger partial charge in [0, 0.05) is 10.9 Å². The lowest BCUT2D eigenvalue weighted by atomic mass is 10.0. The van der Waals surface area contributed by atoms with Crippen molar-refractivity contribution in [3.8, 4) is 16.9 Å². The summed E-state index contributed by atoms with van der Waals surface area (Å²) >= 11 is 5.63. The van der Waals surface area contributed by atoms with Gasteiger partial charge in [-0.2, -0.15) is 0 Å². The van der Waals surface area contributed by atoms with Gasteiger partial charge in [-0.1, -0.05) is 35.5 Å². The predicted octanol–water partition coefficient (Wildman–Crippen LogP) is 5.58. The van der Waals surface area contributed by atoms with Gasteiger partial charge in [0.25, 0.3) is 0 Å². The number of methoxy groups -OCH3 is 1. The van der Waals surface area contributed by atoms with Crippen LogP contribution in [0, 0.1) is 18.6 Å². The number of fused-ring (bicyclic) bond motifs is 3. The number of hydrogen-bond donors (Lipinski definition) is 1. The monoisotopic (exact) mass is 416 g/mol. The molecular weight excluding hydrogens is 396 g/mol. The Kier molecular flexibility index (Phi) is 4.40. The Labute approximate surface area is 178 Å². The molecule has 7 heteroatoms. The molecule has 2 aromatic carbocycles. The van der Waals surface area contributed by atoms with Crippen molar-refractivity contribution in [1.82, 2.24) is 19.7 Å². The van der Waals surface area contributed by atoms with Gasteiger partial charge in [0.1, 0.15) is 11.5 Å². The van der Waals surface area contributed by atoms with Crippen LogP contribution in [-0.2, 0) is 6.54 Å². The second-order valence-corrected chi connectivity index (χ2v) is 7.68. The molecule has 5 aromatic rings. The summed E-state index contributed by atoms with van der Waals surface area (Å²) in [5, 5.41) is 5.06. The van der Waals surface area contributed by atoms with Crippen LogP contribution in [0.3, 0.4) is 0 Å². The molecule has 1 N–H and O–H groups in total. The number of aromatic nitrogens is 4. The second kappa shape index (κ2) is 7.11. The molecule has 0 unspecified atom stereocenters. The SMILES string of the molecule is COc1cc2c(cc1-c1c(C)noc1C)ncc1[nH]c(=S)n(Cc3ccccc3)c12. The molecule has 0 saturated heterocycles. The first-order chi connectivity index (χ1) is 14.6. The lowest BCUT2D eigenvalue weighted by molar-refractivity contribution is 0.393. The molecule has 0 aliphatic carbocycles. The molecule has 0 fully saturated rings. The van der Waals surface area contributed by atoms with Crippen molar-refractivity contribution in [3.63, 3.8) is 0 Å². The van der Waals surface area contributed by atoms with Gasteiger partial charge in [-0.05, 0) is 43.8 Å². The molecule has 0 spiro atoms. The van der Waals surface area contributed by atoms with Crippen LogP contribution in [0.1, 0.15) is 17.0 Å². The van der Waals surface area contributed by atoms with Gasteiger partial charge < -0.3 is 18.8 Å². The molecule has 3 heterocycles. The molecule has 5 rings (SSSR count). The minimum atomic E-state index is 0.664. The molecule has 30 heavy (non-hydrogen) atoms. The third kappa shape index (κ3) is 2.90. The fourth-order valence-electron chi connectivity index (χ4n) is 4.02. The normalized spacial score (nSPS) is 11.4. The molecule has 0 atom stereocenters. The number of imidazole rings is 1. The highest BCUT2D eigenvalue weighted by molar-refractivity contribution is 7.71. The first kappa shape index (κ1) is 18.6. The van der Waals surface area contributed by atoms with Crippen molar-refractivity contribution in [2.45, 2.75) is 20.4 Å². The van der Waals surface area contributed by atoms with Gasteiger partial charge in [-0.25, -0.2) is 0 Å². The summed E-state index contributed by atoms with van der Waals surface area (Å²) in [6, 6.07) is 14.3. The fraction of sp³-hybridized carbons (Fsp3) is 0.174. The number of nitrogens with one attached hydrogen (secondary N) is 1. The van der Waals surface area contributed by atoms with E-state index in [1.807, 2.05) is 50.4 Å². The van der Waals surface area contributed by atoms with Gasteiger partial charge in [0.05, 0.1) is 47.7 Å². The zero-order chi connectivity index (χ0) is 20.8. The highest BCUT2D eigenvalue weighted by atomic mass is 32.1. The van der Waals surface area contributed by atoms with Crippen molar-refractivity contribution >= 4 is 34.2 Å². The van der Waals surface area contributed by atoms with Crippen LogP contribution in [0.5, 0.6) is 5.75 Å². The van der Waals surface area contributed by atoms with Crippen LogP contribution in [0.4, 0.5) is 0 Å². The molecule has 0 aliphatic heterocycles. The highest BCUT2D eigenvalue weighted by Gasteiger charge is 2.19. The average Bonchev–Trinajstić information content (AvgIpc) is 3.26. The van der Waals surface area contributed by atoms with E-state index in [-0.39, 0.29) is 0 Å². The number of rotatable bonds is 4. The summed E-state index contributed by atoms with van der Waals surface area (Å²) < 4.78 is 13.9. The number of benzene rings is 2. The lowest BCUT2D eigenvalue weighted by Gasteiger charge is -2.12. The zero-order valence-electron chi connectivity index (χ0n) is 16.9. The van der Waals surface area contributed by atoms with E-state index in [4.69, 9.17) is 21.5 Å². The lowest BCUT2D eigenvalue weighted by Crippen LogP contribution is -2.00. The third-order valence-electron chi connectivity index (χ3n) is 5.40. The summed E-state index contributed by atoms with van der Waals surface area (Å²) in [7, 11) is 1.67. The number of aromatic amines is 1. The van der Waals surface area contributed by atoms with Gasteiger partial charge in [-0.3, -0.25) is 4.98 Å². The second-order valence-electron chi connectivity index (χ2n) is 7.29. The number of aryl methyl sites for hydroxylation is 2. The Morgan fingerprint density at radius 1 is 1.17 bits per heavy atom. The summed E-state index contributed by atoms with van der Waals surface area (Å²) in [4.78, 5) is 7.97. The van der Waals surface area contributed by atoms with Gasteiger partial charge in [-0.15, -0.1) is 0 Å². The number of ether oxygens (including phenoxy) is 1. The van der Waals surface area contributed by atoms with Crippen LogP contribution in [0.2, 0.25) is 0 Å². The number of nitrogens with zero attached hydrogens (tertiary/aromatic N) is 3. The van der Waals surface area contributed by atoms with Crippen LogP contribution in [-0.4, -0.2) is 26.8 Å². The van der Waals surface area contributed by atoms with Gasteiger partial charge >= 0.3 is 0 Å². The summed E-state index contributed by atoms with van der Waals surface area (Å²) in [6.45, 7) is 4.50. The average molecular weight is 417 g/mol. The summed E-state index contributed by atoms with van der Waals surface area (Å²) in [5.41, 5.74) is 6.61. The fourth-order valence-corrected chi connectivity index (χ4v) is 4.29. The smallest absolute Gasteiger partial charge is 0.178 e. The van der Waals surface area contributed by atoms with Crippen LogP contribution in [0.15, 0.2) is 53.2 Å². The van der Waals surface area contributed by atoms with E-state index < -0.39 is 0 Å². The van der Waals surface area contributed by atoms with Crippen molar-refractivity contribution in [2.24, 2.45) is 0 Å². The van der Waals surface area contributed by atoms with E-state index in [1.54, 1.807) is 7.11 Å². The maximum atomic E-state index is 5.76. The Balaban J connectivity index is 1.79. The minimum absolute atomic E-state index is 0.664. The van der Waals surface area contributed by atoms with E-state index in [1.165, 1.54) is 5.56 Å². The van der Waals surface area contributed by atoms with Crippen molar-refractivity contribution < 1.29 is 9.26 Å². The van der Waals surface area contributed by atoms with Crippen molar-refractivity contribution in [1.29, 1.82) is 0 Å². The standard InChI is InChI=1S/C23H20N4O2S/c1-13-21(14(2)29-26-13)17-9-18-16(10-20(17)28-3)22-19(11-24-18)25-23(30)27(22)12-15-7-5-4-6-8-15/h4-11H,12H2,1-3H3,(H,25,30). The van der Waals surface area contributed by atoms with Crippen LogP contribution >= 0.6 is 12.2 Å². The quantitative estimate of drug-likeness (QED) is 0.388. The largest absolute Gasteiger partial charge is 0.496 e. The predicted molar refractivity (Wildman–Crippen MR) is 119 cm³/mol. The topological polar surface area (TPSA) is 68.9 Å². The number of hydrogen-bond acceptors (Lipinski definition) is 5. The Bertz CT molecular complexity index is 1430. The Hall–Kier alpha value is -3.45. The molecule has 0 amide bonds. The van der Waals surface area contributed by atoms with Gasteiger partial charge in [0.2, 0.25) is 0 Å². The molecule has 0 saturated carbocycles. The molecule has 3 aromatic heterocycles. The Morgan fingerprint density at radius 2 is 1.97 bits per heavy atom.